The summed E-state index contributed by atoms with van der Waals surface area (Å²) in [6.07, 6.45) is 3.26. The number of aryl methyl sites for hydroxylation is 1. The van der Waals surface area contributed by atoms with Crippen LogP contribution in [-0.2, 0) is 13.6 Å². The Kier molecular flexibility index (Phi) is 4.74. The molecule has 0 unspecified atom stereocenters. The molecule has 0 aliphatic heterocycles. The highest BCUT2D eigenvalue weighted by Crippen LogP contribution is 2.32. The molecule has 4 rings (SSSR count). The van der Waals surface area contributed by atoms with Gasteiger partial charge in [0.1, 0.15) is 11.4 Å². The summed E-state index contributed by atoms with van der Waals surface area (Å²) >= 11 is 1.24. The van der Waals surface area contributed by atoms with E-state index in [1.165, 1.54) is 40.2 Å². The number of halogens is 1. The molecule has 0 atom stereocenters. The maximum Gasteiger partial charge on any atom is 0.267 e. The maximum atomic E-state index is 13.6. The van der Waals surface area contributed by atoms with Gasteiger partial charge in [0.2, 0.25) is 5.88 Å². The van der Waals surface area contributed by atoms with Crippen molar-refractivity contribution in [1.82, 2.24) is 19.7 Å². The summed E-state index contributed by atoms with van der Waals surface area (Å²) in [5.74, 6) is -0.444. The standard InChI is InChI=1S/C19H16FN5O2S/c1-24-11-14(17(23-24)27-2)18(26)25(10-13-5-3-4-8-21-13)19-22-15-7-6-12(20)9-16(15)28-19/h3-9,11H,10H2,1-2H3. The van der Waals surface area contributed by atoms with Crippen molar-refractivity contribution in [1.29, 1.82) is 0 Å². The fourth-order valence-electron chi connectivity index (χ4n) is 2.79. The molecular weight excluding hydrogens is 381 g/mol. The van der Waals surface area contributed by atoms with Crippen molar-refractivity contribution in [2.45, 2.75) is 6.54 Å². The Morgan fingerprint density at radius 3 is 2.93 bits per heavy atom. The lowest BCUT2D eigenvalue weighted by molar-refractivity contribution is 0.0982. The molecule has 0 saturated heterocycles. The molecule has 0 radical (unpaired) electrons. The minimum absolute atomic E-state index is 0.208. The molecule has 0 aliphatic carbocycles. The molecule has 9 heteroatoms. The van der Waals surface area contributed by atoms with E-state index in [2.05, 4.69) is 15.1 Å². The predicted octanol–water partition coefficient (Wildman–Crippen LogP) is 3.42. The summed E-state index contributed by atoms with van der Waals surface area (Å²) in [7, 11) is 3.17. The Balaban J connectivity index is 1.79. The van der Waals surface area contributed by atoms with E-state index in [1.807, 2.05) is 12.1 Å². The van der Waals surface area contributed by atoms with Crippen LogP contribution in [0.3, 0.4) is 0 Å². The largest absolute Gasteiger partial charge is 0.479 e. The number of fused-ring (bicyclic) bond motifs is 1. The summed E-state index contributed by atoms with van der Waals surface area (Å²) < 4.78 is 21.0. The first kappa shape index (κ1) is 18.1. The topological polar surface area (TPSA) is 73.1 Å². The number of aromatic nitrogens is 4. The van der Waals surface area contributed by atoms with Crippen molar-refractivity contribution in [2.24, 2.45) is 7.05 Å². The molecule has 0 N–H and O–H groups in total. The number of nitrogens with zero attached hydrogens (tertiary/aromatic N) is 5. The lowest BCUT2D eigenvalue weighted by Gasteiger charge is -2.19. The molecule has 1 aromatic carbocycles. The number of anilines is 1. The van der Waals surface area contributed by atoms with Crippen LogP contribution in [0.2, 0.25) is 0 Å². The number of pyridine rings is 1. The van der Waals surface area contributed by atoms with Gasteiger partial charge in [0.25, 0.3) is 5.91 Å². The van der Waals surface area contributed by atoms with Gasteiger partial charge in [-0.25, -0.2) is 9.37 Å². The molecule has 1 amide bonds. The summed E-state index contributed by atoms with van der Waals surface area (Å²) in [6, 6.07) is 9.83. The van der Waals surface area contributed by atoms with Crippen LogP contribution in [0, 0.1) is 5.82 Å². The van der Waals surface area contributed by atoms with E-state index in [0.29, 0.717) is 26.6 Å². The molecule has 0 aliphatic rings. The predicted molar refractivity (Wildman–Crippen MR) is 104 cm³/mol. The van der Waals surface area contributed by atoms with E-state index in [1.54, 1.807) is 31.6 Å². The van der Waals surface area contributed by atoms with Gasteiger partial charge in [-0.1, -0.05) is 17.4 Å². The molecular formula is C19H16FN5O2S. The Bertz CT molecular complexity index is 1140. The number of carbonyl (C=O) groups is 1. The van der Waals surface area contributed by atoms with E-state index < -0.39 is 0 Å². The number of rotatable bonds is 5. The Hall–Kier alpha value is -3.33. The molecule has 3 aromatic heterocycles. The average molecular weight is 397 g/mol. The number of thiazole rings is 1. The number of hydrogen-bond donors (Lipinski definition) is 0. The normalized spacial score (nSPS) is 11.0. The average Bonchev–Trinajstić information content (AvgIpc) is 3.29. The number of ether oxygens (including phenoxy) is 1. The number of amides is 1. The SMILES string of the molecule is COc1nn(C)cc1C(=O)N(Cc1ccccn1)c1nc2ccc(F)cc2s1. The van der Waals surface area contributed by atoms with Gasteiger partial charge in [0, 0.05) is 19.4 Å². The van der Waals surface area contributed by atoms with Crippen molar-refractivity contribution in [2.75, 3.05) is 12.0 Å². The quantitative estimate of drug-likeness (QED) is 0.516. The molecule has 0 fully saturated rings. The maximum absolute atomic E-state index is 13.6. The lowest BCUT2D eigenvalue weighted by atomic mass is 10.2. The van der Waals surface area contributed by atoms with Gasteiger partial charge in [-0.3, -0.25) is 19.4 Å². The number of benzene rings is 1. The Morgan fingerprint density at radius 2 is 2.18 bits per heavy atom. The van der Waals surface area contributed by atoms with E-state index in [4.69, 9.17) is 4.74 Å². The number of methoxy groups -OCH3 is 1. The molecule has 0 spiro atoms. The van der Waals surface area contributed by atoms with Gasteiger partial charge in [-0.2, -0.15) is 0 Å². The van der Waals surface area contributed by atoms with Crippen LogP contribution in [0.5, 0.6) is 5.88 Å². The van der Waals surface area contributed by atoms with Crippen LogP contribution < -0.4 is 9.64 Å². The van der Waals surface area contributed by atoms with Gasteiger partial charge >= 0.3 is 0 Å². The first-order chi connectivity index (χ1) is 13.5. The third-order valence-corrected chi connectivity index (χ3v) is 5.12. The number of hydrogen-bond acceptors (Lipinski definition) is 6. The van der Waals surface area contributed by atoms with Crippen LogP contribution in [0.4, 0.5) is 9.52 Å². The number of carbonyl (C=O) groups excluding carboxylic acids is 1. The van der Waals surface area contributed by atoms with Gasteiger partial charge in [0.15, 0.2) is 5.13 Å². The van der Waals surface area contributed by atoms with E-state index in [-0.39, 0.29) is 24.1 Å². The Morgan fingerprint density at radius 1 is 1.32 bits per heavy atom. The molecule has 0 bridgehead atoms. The van der Waals surface area contributed by atoms with E-state index in [0.717, 1.165) is 0 Å². The smallest absolute Gasteiger partial charge is 0.267 e. The molecule has 142 valence electrons. The summed E-state index contributed by atoms with van der Waals surface area (Å²) in [5, 5.41) is 4.60. The highest BCUT2D eigenvalue weighted by Gasteiger charge is 2.26. The van der Waals surface area contributed by atoms with Gasteiger partial charge < -0.3 is 4.74 Å². The van der Waals surface area contributed by atoms with Crippen LogP contribution >= 0.6 is 11.3 Å². The lowest BCUT2D eigenvalue weighted by Crippen LogP contribution is -2.30. The van der Waals surface area contributed by atoms with Crippen LogP contribution in [0.15, 0.2) is 48.8 Å². The van der Waals surface area contributed by atoms with Crippen LogP contribution in [-0.4, -0.2) is 32.8 Å². The van der Waals surface area contributed by atoms with Gasteiger partial charge in [-0.15, -0.1) is 5.10 Å². The zero-order valence-corrected chi connectivity index (χ0v) is 16.0. The summed E-state index contributed by atoms with van der Waals surface area (Å²) in [6.45, 7) is 0.208. The fraction of sp³-hybridized carbons (Fsp3) is 0.158. The van der Waals surface area contributed by atoms with Gasteiger partial charge in [-0.05, 0) is 30.3 Å². The van der Waals surface area contributed by atoms with Crippen molar-refractivity contribution in [3.05, 3.63) is 65.9 Å². The van der Waals surface area contributed by atoms with E-state index in [9.17, 15) is 9.18 Å². The van der Waals surface area contributed by atoms with Crippen LogP contribution in [0.25, 0.3) is 10.2 Å². The minimum Gasteiger partial charge on any atom is -0.479 e. The Labute approximate surface area is 164 Å². The second-order valence-electron chi connectivity index (χ2n) is 6.05. The van der Waals surface area contributed by atoms with Crippen LogP contribution in [0.1, 0.15) is 16.1 Å². The summed E-state index contributed by atoms with van der Waals surface area (Å²) in [4.78, 5) is 23.7. The molecule has 3 heterocycles. The van der Waals surface area contributed by atoms with Crippen molar-refractivity contribution >= 4 is 32.6 Å². The van der Waals surface area contributed by atoms with E-state index >= 15 is 0 Å². The highest BCUT2D eigenvalue weighted by molar-refractivity contribution is 7.22. The second-order valence-corrected chi connectivity index (χ2v) is 7.06. The first-order valence-corrected chi connectivity index (χ1v) is 9.22. The second kappa shape index (κ2) is 7.35. The molecule has 0 saturated carbocycles. The highest BCUT2D eigenvalue weighted by atomic mass is 32.1. The zero-order valence-electron chi connectivity index (χ0n) is 15.2. The van der Waals surface area contributed by atoms with Crippen molar-refractivity contribution in [3.8, 4) is 5.88 Å². The molecule has 4 aromatic rings. The first-order valence-electron chi connectivity index (χ1n) is 8.40. The zero-order chi connectivity index (χ0) is 19.7. The molecule has 28 heavy (non-hydrogen) atoms. The summed E-state index contributed by atoms with van der Waals surface area (Å²) in [5.41, 5.74) is 1.63. The van der Waals surface area contributed by atoms with Gasteiger partial charge in [0.05, 0.1) is 29.6 Å². The monoisotopic (exact) mass is 397 g/mol. The minimum atomic E-state index is -0.348. The third-order valence-electron chi connectivity index (χ3n) is 4.08. The molecule has 7 nitrogen and oxygen atoms in total. The van der Waals surface area contributed by atoms with Crippen molar-refractivity contribution in [3.63, 3.8) is 0 Å². The van der Waals surface area contributed by atoms with Crippen molar-refractivity contribution < 1.29 is 13.9 Å². The fourth-order valence-corrected chi connectivity index (χ4v) is 3.78. The third kappa shape index (κ3) is 3.44.